The quantitative estimate of drug-likeness (QED) is 0.443. The van der Waals surface area contributed by atoms with Gasteiger partial charge in [0.25, 0.3) is 0 Å². The minimum Gasteiger partial charge on any atom is -0.476 e. The van der Waals surface area contributed by atoms with Crippen molar-refractivity contribution < 1.29 is 9.53 Å². The van der Waals surface area contributed by atoms with Crippen molar-refractivity contribution in [2.45, 2.75) is 6.92 Å². The SMILES string of the molecule is CCOc1nn(-c2ccc(Cl)cc2C(=O)c2ccccc2)c2ccccc12. The average molecular weight is 377 g/mol. The van der Waals surface area contributed by atoms with Gasteiger partial charge >= 0.3 is 0 Å². The Morgan fingerprint density at radius 2 is 1.78 bits per heavy atom. The van der Waals surface area contributed by atoms with Crippen molar-refractivity contribution in [3.63, 3.8) is 0 Å². The molecule has 0 saturated heterocycles. The van der Waals surface area contributed by atoms with Crippen LogP contribution in [0.5, 0.6) is 5.88 Å². The molecule has 4 nitrogen and oxygen atoms in total. The van der Waals surface area contributed by atoms with E-state index in [1.54, 1.807) is 28.9 Å². The summed E-state index contributed by atoms with van der Waals surface area (Å²) < 4.78 is 7.43. The van der Waals surface area contributed by atoms with Crippen LogP contribution < -0.4 is 4.74 Å². The van der Waals surface area contributed by atoms with Crippen LogP contribution in [0.1, 0.15) is 22.8 Å². The largest absolute Gasteiger partial charge is 0.476 e. The van der Waals surface area contributed by atoms with Crippen LogP contribution in [0.3, 0.4) is 0 Å². The standard InChI is InChI=1S/C22H17ClN2O2/c1-2-27-22-17-10-6-7-11-19(17)25(24-22)20-13-12-16(23)14-18(20)21(26)15-8-4-3-5-9-15/h3-14H,2H2,1H3. The molecule has 0 amide bonds. The van der Waals surface area contributed by atoms with Crippen LogP contribution in [0.2, 0.25) is 5.02 Å². The first-order valence-corrected chi connectivity index (χ1v) is 9.07. The molecule has 3 aromatic carbocycles. The van der Waals surface area contributed by atoms with Gasteiger partial charge in [-0.25, -0.2) is 4.68 Å². The highest BCUT2D eigenvalue weighted by Gasteiger charge is 2.19. The van der Waals surface area contributed by atoms with Gasteiger partial charge in [-0.3, -0.25) is 4.79 Å². The predicted octanol–water partition coefficient (Wildman–Crippen LogP) is 5.31. The van der Waals surface area contributed by atoms with Crippen molar-refractivity contribution in [1.29, 1.82) is 0 Å². The molecule has 1 aromatic heterocycles. The number of carbonyl (C=O) groups is 1. The van der Waals surface area contributed by atoms with E-state index in [9.17, 15) is 4.79 Å². The molecule has 0 aliphatic rings. The lowest BCUT2D eigenvalue weighted by Gasteiger charge is -2.11. The number of hydrogen-bond acceptors (Lipinski definition) is 3. The maximum atomic E-state index is 13.1. The summed E-state index contributed by atoms with van der Waals surface area (Å²) in [5.74, 6) is 0.437. The molecule has 27 heavy (non-hydrogen) atoms. The normalized spacial score (nSPS) is 10.9. The minimum absolute atomic E-state index is 0.106. The third-order valence-electron chi connectivity index (χ3n) is 4.30. The monoisotopic (exact) mass is 376 g/mol. The van der Waals surface area contributed by atoms with Crippen molar-refractivity contribution in [2.75, 3.05) is 6.61 Å². The van der Waals surface area contributed by atoms with Crippen LogP contribution in [0.15, 0.2) is 72.8 Å². The van der Waals surface area contributed by atoms with E-state index in [1.165, 1.54) is 0 Å². The van der Waals surface area contributed by atoms with E-state index < -0.39 is 0 Å². The predicted molar refractivity (Wildman–Crippen MR) is 107 cm³/mol. The van der Waals surface area contributed by atoms with Crippen LogP contribution in [0, 0.1) is 0 Å². The summed E-state index contributed by atoms with van der Waals surface area (Å²) in [4.78, 5) is 13.1. The van der Waals surface area contributed by atoms with E-state index in [-0.39, 0.29) is 5.78 Å². The fourth-order valence-corrected chi connectivity index (χ4v) is 3.26. The van der Waals surface area contributed by atoms with Gasteiger partial charge in [0.1, 0.15) is 0 Å². The zero-order valence-corrected chi connectivity index (χ0v) is 15.5. The summed E-state index contributed by atoms with van der Waals surface area (Å²) in [5.41, 5.74) is 2.62. The van der Waals surface area contributed by atoms with E-state index in [1.807, 2.05) is 55.5 Å². The van der Waals surface area contributed by atoms with E-state index in [0.717, 1.165) is 10.9 Å². The molecule has 0 aliphatic heterocycles. The minimum atomic E-state index is -0.106. The lowest BCUT2D eigenvalue weighted by molar-refractivity contribution is 0.103. The maximum Gasteiger partial charge on any atom is 0.241 e. The van der Waals surface area contributed by atoms with Crippen molar-refractivity contribution in [1.82, 2.24) is 9.78 Å². The van der Waals surface area contributed by atoms with E-state index in [2.05, 4.69) is 5.10 Å². The average Bonchev–Trinajstić information content (AvgIpc) is 3.07. The lowest BCUT2D eigenvalue weighted by atomic mass is 10.0. The number of benzene rings is 3. The number of ketones is 1. The molecular weight excluding hydrogens is 360 g/mol. The van der Waals surface area contributed by atoms with Gasteiger partial charge < -0.3 is 4.74 Å². The molecular formula is C22H17ClN2O2. The molecule has 5 heteroatoms. The molecule has 0 aliphatic carbocycles. The second-order valence-corrected chi connectivity index (χ2v) is 6.46. The van der Waals surface area contributed by atoms with Gasteiger partial charge in [0, 0.05) is 16.1 Å². The molecule has 4 aromatic rings. The molecule has 0 bridgehead atoms. The summed E-state index contributed by atoms with van der Waals surface area (Å²) in [6.07, 6.45) is 0. The highest BCUT2D eigenvalue weighted by Crippen LogP contribution is 2.30. The number of carbonyl (C=O) groups excluding carboxylic acids is 1. The van der Waals surface area contributed by atoms with Crippen molar-refractivity contribution in [2.24, 2.45) is 0 Å². The fourth-order valence-electron chi connectivity index (χ4n) is 3.08. The molecule has 134 valence electrons. The van der Waals surface area contributed by atoms with Gasteiger partial charge in [-0.05, 0) is 37.3 Å². The molecule has 0 saturated carbocycles. The number of rotatable bonds is 5. The molecule has 0 spiro atoms. The lowest BCUT2D eigenvalue weighted by Crippen LogP contribution is -2.09. The van der Waals surface area contributed by atoms with Crippen LogP contribution in [-0.2, 0) is 0 Å². The Labute approximate surface area is 162 Å². The molecule has 0 unspecified atom stereocenters. The van der Waals surface area contributed by atoms with Gasteiger partial charge in [-0.2, -0.15) is 0 Å². The van der Waals surface area contributed by atoms with Crippen LogP contribution in [0.4, 0.5) is 0 Å². The summed E-state index contributed by atoms with van der Waals surface area (Å²) in [6.45, 7) is 2.43. The molecule has 0 N–H and O–H groups in total. The zero-order chi connectivity index (χ0) is 18.8. The molecule has 0 atom stereocenters. The Morgan fingerprint density at radius 3 is 2.56 bits per heavy atom. The van der Waals surface area contributed by atoms with Gasteiger partial charge in [-0.15, -0.1) is 5.10 Å². The topological polar surface area (TPSA) is 44.1 Å². The van der Waals surface area contributed by atoms with Crippen LogP contribution >= 0.6 is 11.6 Å². The molecule has 0 radical (unpaired) electrons. The highest BCUT2D eigenvalue weighted by atomic mass is 35.5. The molecule has 1 heterocycles. The van der Waals surface area contributed by atoms with Gasteiger partial charge in [-0.1, -0.05) is 54.1 Å². The van der Waals surface area contributed by atoms with Crippen LogP contribution in [0.25, 0.3) is 16.6 Å². The zero-order valence-electron chi connectivity index (χ0n) is 14.7. The Kier molecular flexibility index (Phi) is 4.65. The first-order chi connectivity index (χ1) is 13.2. The third kappa shape index (κ3) is 3.20. The molecule has 4 rings (SSSR count). The van der Waals surface area contributed by atoms with Crippen molar-refractivity contribution in [3.8, 4) is 11.6 Å². The number of ether oxygens (including phenoxy) is 1. The van der Waals surface area contributed by atoms with E-state index in [0.29, 0.717) is 34.3 Å². The second-order valence-electron chi connectivity index (χ2n) is 6.02. The number of aromatic nitrogens is 2. The number of fused-ring (bicyclic) bond motifs is 1. The van der Waals surface area contributed by atoms with Gasteiger partial charge in [0.15, 0.2) is 5.78 Å². The highest BCUT2D eigenvalue weighted by molar-refractivity contribution is 6.31. The van der Waals surface area contributed by atoms with Gasteiger partial charge in [0.2, 0.25) is 5.88 Å². The summed E-state index contributed by atoms with van der Waals surface area (Å²) in [6, 6.07) is 22.2. The van der Waals surface area contributed by atoms with Crippen LogP contribution in [-0.4, -0.2) is 22.2 Å². The fraction of sp³-hybridized carbons (Fsp3) is 0.0909. The summed E-state index contributed by atoms with van der Waals surface area (Å²) >= 11 is 6.20. The molecule has 0 fully saturated rings. The van der Waals surface area contributed by atoms with Gasteiger partial charge in [0.05, 0.1) is 23.2 Å². The number of halogens is 1. The number of nitrogens with zero attached hydrogens (tertiary/aromatic N) is 2. The summed E-state index contributed by atoms with van der Waals surface area (Å²) in [5, 5.41) is 6.01. The Bertz CT molecular complexity index is 1120. The van der Waals surface area contributed by atoms with E-state index >= 15 is 0 Å². The smallest absolute Gasteiger partial charge is 0.241 e. The Morgan fingerprint density at radius 1 is 1.04 bits per heavy atom. The van der Waals surface area contributed by atoms with Crippen molar-refractivity contribution >= 4 is 28.3 Å². The third-order valence-corrected chi connectivity index (χ3v) is 4.54. The second kappa shape index (κ2) is 7.25. The van der Waals surface area contributed by atoms with E-state index in [4.69, 9.17) is 16.3 Å². The maximum absolute atomic E-state index is 13.1. The van der Waals surface area contributed by atoms with Crippen molar-refractivity contribution in [3.05, 3.63) is 88.9 Å². The number of hydrogen-bond donors (Lipinski definition) is 0. The first kappa shape index (κ1) is 17.3. The Balaban J connectivity index is 1.93. The Hall–Kier alpha value is -3.11. The summed E-state index contributed by atoms with van der Waals surface area (Å²) in [7, 11) is 0. The number of para-hydroxylation sites is 1. The first-order valence-electron chi connectivity index (χ1n) is 8.69.